The van der Waals surface area contributed by atoms with Crippen LogP contribution in [0.1, 0.15) is 5.56 Å². The molecule has 0 radical (unpaired) electrons. The second kappa shape index (κ2) is 12.3. The van der Waals surface area contributed by atoms with Gasteiger partial charge in [0, 0.05) is 50.0 Å². The van der Waals surface area contributed by atoms with Gasteiger partial charge in [-0.3, -0.25) is 0 Å². The van der Waals surface area contributed by atoms with E-state index in [0.29, 0.717) is 0 Å². The zero-order chi connectivity index (χ0) is 34.3. The van der Waals surface area contributed by atoms with Crippen LogP contribution in [0.5, 0.6) is 0 Å². The van der Waals surface area contributed by atoms with Gasteiger partial charge in [-0.2, -0.15) is 10.5 Å². The topological polar surface area (TPSA) is 60.7 Å². The van der Waals surface area contributed by atoms with Crippen molar-refractivity contribution < 1.29 is 0 Å². The highest BCUT2D eigenvalue weighted by Crippen LogP contribution is 2.38. The van der Waals surface area contributed by atoms with E-state index >= 15 is 0 Å². The summed E-state index contributed by atoms with van der Waals surface area (Å²) in [6.07, 6.45) is 1.61. The summed E-state index contributed by atoms with van der Waals surface area (Å²) in [4.78, 5) is 2.23. The predicted molar refractivity (Wildman–Crippen MR) is 209 cm³/mol. The van der Waals surface area contributed by atoms with E-state index in [1.54, 1.807) is 6.08 Å². The van der Waals surface area contributed by atoms with Crippen molar-refractivity contribution in [2.24, 2.45) is 0 Å². The SMILES string of the molecule is N#CC(C#N)=Cc1ccc(N(c2ccc(-n3c4ccccc4c4ccccc43)cc2)c2ccc(-n3c4ccccc4c4ccccc43)cc2)cc1. The van der Waals surface area contributed by atoms with Gasteiger partial charge in [0.1, 0.15) is 17.7 Å². The van der Waals surface area contributed by atoms with Crippen LogP contribution in [0.4, 0.5) is 17.1 Å². The molecule has 0 aliphatic carbocycles. The molecule has 0 spiro atoms. The Morgan fingerprint density at radius 3 is 1.06 bits per heavy atom. The van der Waals surface area contributed by atoms with Crippen molar-refractivity contribution in [3.05, 3.63) is 181 Å². The number of allylic oxidation sites excluding steroid dienone is 1. The Morgan fingerprint density at radius 1 is 0.412 bits per heavy atom. The third-order valence-electron chi connectivity index (χ3n) is 9.60. The first-order chi connectivity index (χ1) is 25.2. The molecule has 238 valence electrons. The molecule has 2 aromatic heterocycles. The maximum absolute atomic E-state index is 9.29. The minimum absolute atomic E-state index is 0.0703. The van der Waals surface area contributed by atoms with Crippen molar-refractivity contribution in [1.29, 1.82) is 10.5 Å². The largest absolute Gasteiger partial charge is 0.311 e. The molecular weight excluding hydrogens is 623 g/mol. The normalized spacial score (nSPS) is 11.1. The minimum atomic E-state index is 0.0703. The summed E-state index contributed by atoms with van der Waals surface area (Å²) >= 11 is 0. The molecule has 0 aliphatic rings. The molecule has 5 heteroatoms. The van der Waals surface area contributed by atoms with Gasteiger partial charge in [-0.1, -0.05) is 84.9 Å². The van der Waals surface area contributed by atoms with Crippen molar-refractivity contribution in [1.82, 2.24) is 9.13 Å². The average Bonchev–Trinajstić information content (AvgIpc) is 3.71. The molecule has 7 aromatic carbocycles. The second-order valence-corrected chi connectivity index (χ2v) is 12.5. The van der Waals surface area contributed by atoms with Crippen LogP contribution in [0.15, 0.2) is 175 Å². The smallest absolute Gasteiger partial charge is 0.130 e. The Labute approximate surface area is 295 Å². The number of nitrogens with zero attached hydrogens (tertiary/aromatic N) is 5. The standard InChI is InChI=1S/C46H29N5/c47-30-33(31-48)29-32-17-19-34(20-18-32)49(35-21-25-37(26-22-35)50-43-13-5-1-9-39(43)40-10-2-6-14-44(40)50)36-23-27-38(28-24-36)51-45-15-7-3-11-41(45)42-12-4-8-16-46(42)51/h1-29H. The number of nitriles is 2. The Kier molecular flexibility index (Phi) is 7.17. The maximum atomic E-state index is 9.29. The highest BCUT2D eigenvalue weighted by atomic mass is 15.1. The van der Waals surface area contributed by atoms with Crippen molar-refractivity contribution in [2.45, 2.75) is 0 Å². The average molecular weight is 652 g/mol. The number of benzene rings is 7. The molecule has 9 rings (SSSR count). The monoisotopic (exact) mass is 651 g/mol. The Hall–Kier alpha value is -7.34. The molecule has 0 N–H and O–H groups in total. The van der Waals surface area contributed by atoms with E-state index in [2.05, 4.69) is 160 Å². The van der Waals surface area contributed by atoms with Gasteiger partial charge in [0.25, 0.3) is 0 Å². The predicted octanol–water partition coefficient (Wildman–Crippen LogP) is 11.8. The first kappa shape index (κ1) is 29.8. The first-order valence-corrected chi connectivity index (χ1v) is 16.8. The Morgan fingerprint density at radius 2 is 0.725 bits per heavy atom. The van der Waals surface area contributed by atoms with Crippen LogP contribution in [-0.4, -0.2) is 9.13 Å². The number of fused-ring (bicyclic) bond motifs is 6. The third-order valence-corrected chi connectivity index (χ3v) is 9.60. The number of aromatic nitrogens is 2. The zero-order valence-electron chi connectivity index (χ0n) is 27.5. The van der Waals surface area contributed by atoms with Gasteiger partial charge in [0.05, 0.1) is 22.1 Å². The van der Waals surface area contributed by atoms with E-state index in [4.69, 9.17) is 0 Å². The number of para-hydroxylation sites is 4. The van der Waals surface area contributed by atoms with E-state index in [0.717, 1.165) is 34.0 Å². The van der Waals surface area contributed by atoms with E-state index < -0.39 is 0 Å². The van der Waals surface area contributed by atoms with E-state index in [1.807, 2.05) is 36.4 Å². The van der Waals surface area contributed by atoms with Crippen molar-refractivity contribution in [3.63, 3.8) is 0 Å². The fraction of sp³-hybridized carbons (Fsp3) is 0. The lowest BCUT2D eigenvalue weighted by Crippen LogP contribution is -2.10. The first-order valence-electron chi connectivity index (χ1n) is 16.8. The highest BCUT2D eigenvalue weighted by molar-refractivity contribution is 6.10. The molecule has 2 heterocycles. The summed E-state index contributed by atoms with van der Waals surface area (Å²) in [5.74, 6) is 0. The summed E-state index contributed by atoms with van der Waals surface area (Å²) in [7, 11) is 0. The van der Waals surface area contributed by atoms with E-state index in [-0.39, 0.29) is 5.57 Å². The minimum Gasteiger partial charge on any atom is -0.311 e. The fourth-order valence-electron chi connectivity index (χ4n) is 7.33. The van der Waals surface area contributed by atoms with Crippen LogP contribution in [0.2, 0.25) is 0 Å². The highest BCUT2D eigenvalue weighted by Gasteiger charge is 2.17. The van der Waals surface area contributed by atoms with Crippen LogP contribution in [0.3, 0.4) is 0 Å². The summed E-state index contributed by atoms with van der Waals surface area (Å²) in [5.41, 5.74) is 10.7. The van der Waals surface area contributed by atoms with Gasteiger partial charge in [0.15, 0.2) is 0 Å². The molecule has 0 saturated heterocycles. The van der Waals surface area contributed by atoms with Crippen molar-refractivity contribution in [3.8, 4) is 23.5 Å². The summed E-state index contributed by atoms with van der Waals surface area (Å²) in [6.45, 7) is 0. The van der Waals surface area contributed by atoms with Gasteiger partial charge in [-0.15, -0.1) is 0 Å². The third kappa shape index (κ3) is 5.01. The van der Waals surface area contributed by atoms with Gasteiger partial charge in [-0.25, -0.2) is 0 Å². The quantitative estimate of drug-likeness (QED) is 0.168. The molecule has 0 atom stereocenters. The van der Waals surface area contributed by atoms with Gasteiger partial charge in [0.2, 0.25) is 0 Å². The summed E-state index contributed by atoms with van der Waals surface area (Å²) in [6, 6.07) is 63.4. The molecule has 0 unspecified atom stereocenters. The lowest BCUT2D eigenvalue weighted by Gasteiger charge is -2.26. The van der Waals surface area contributed by atoms with Crippen molar-refractivity contribution in [2.75, 3.05) is 4.90 Å². The fourth-order valence-corrected chi connectivity index (χ4v) is 7.33. The van der Waals surface area contributed by atoms with Crippen LogP contribution < -0.4 is 4.90 Å². The second-order valence-electron chi connectivity index (χ2n) is 12.5. The molecule has 0 aliphatic heterocycles. The van der Waals surface area contributed by atoms with Gasteiger partial charge in [-0.05, 0) is 96.6 Å². The van der Waals surface area contributed by atoms with Gasteiger partial charge < -0.3 is 14.0 Å². The molecule has 5 nitrogen and oxygen atoms in total. The molecule has 0 bridgehead atoms. The van der Waals surface area contributed by atoms with Crippen LogP contribution >= 0.6 is 0 Å². The van der Waals surface area contributed by atoms with E-state index in [1.165, 1.54) is 43.6 Å². The van der Waals surface area contributed by atoms with Crippen molar-refractivity contribution >= 4 is 66.7 Å². The molecule has 9 aromatic rings. The molecule has 51 heavy (non-hydrogen) atoms. The molecule has 0 amide bonds. The number of anilines is 3. The molecular formula is C46H29N5. The molecule has 0 fully saturated rings. The van der Waals surface area contributed by atoms with Crippen LogP contribution in [0.25, 0.3) is 61.1 Å². The number of hydrogen-bond donors (Lipinski definition) is 0. The Bertz CT molecular complexity index is 2580. The zero-order valence-corrected chi connectivity index (χ0v) is 27.5. The summed E-state index contributed by atoms with van der Waals surface area (Å²) < 4.78 is 4.64. The van der Waals surface area contributed by atoms with E-state index in [9.17, 15) is 10.5 Å². The lowest BCUT2D eigenvalue weighted by molar-refractivity contribution is 1.17. The van der Waals surface area contributed by atoms with Crippen LogP contribution in [-0.2, 0) is 0 Å². The maximum Gasteiger partial charge on any atom is 0.130 e. The molecule has 0 saturated carbocycles. The number of rotatable bonds is 6. The van der Waals surface area contributed by atoms with Crippen LogP contribution in [0, 0.1) is 22.7 Å². The summed E-state index contributed by atoms with van der Waals surface area (Å²) in [5, 5.41) is 23.5. The lowest BCUT2D eigenvalue weighted by atomic mass is 10.1. The Balaban J connectivity index is 1.16. The van der Waals surface area contributed by atoms with Gasteiger partial charge >= 0.3 is 0 Å². The number of hydrogen-bond acceptors (Lipinski definition) is 3.